The molecule has 0 aliphatic carbocycles. The quantitative estimate of drug-likeness (QED) is 0.784. The summed E-state index contributed by atoms with van der Waals surface area (Å²) >= 11 is 3.35. The topological polar surface area (TPSA) is 38.9 Å². The van der Waals surface area contributed by atoms with Gasteiger partial charge in [0, 0.05) is 22.8 Å². The summed E-state index contributed by atoms with van der Waals surface area (Å²) in [6.07, 6.45) is 2.62. The second kappa shape index (κ2) is 3.68. The fraction of sp³-hybridized carbons (Fsp3) is 0.286. The summed E-state index contributed by atoms with van der Waals surface area (Å²) in [5.74, 6) is 0. The van der Waals surface area contributed by atoms with E-state index in [-0.39, 0.29) is 0 Å². The van der Waals surface area contributed by atoms with Crippen LogP contribution in [0.2, 0.25) is 0 Å². The highest BCUT2D eigenvalue weighted by Crippen LogP contribution is 2.08. The molecule has 1 aromatic rings. The molecule has 2 nitrogen and oxygen atoms in total. The molecule has 1 rings (SSSR count). The maximum absolute atomic E-state index is 5.36. The monoisotopic (exact) mass is 200 g/mol. The third kappa shape index (κ3) is 2.08. The zero-order valence-corrected chi connectivity index (χ0v) is 7.13. The minimum atomic E-state index is 0.656. The van der Waals surface area contributed by atoms with Gasteiger partial charge in [0.15, 0.2) is 0 Å². The molecule has 0 aliphatic heterocycles. The fourth-order valence-electron chi connectivity index (χ4n) is 0.733. The van der Waals surface area contributed by atoms with E-state index < -0.39 is 0 Å². The predicted molar refractivity (Wildman–Crippen MR) is 44.7 cm³/mol. The molecule has 1 heterocycles. The lowest BCUT2D eigenvalue weighted by atomic mass is 10.3. The van der Waals surface area contributed by atoms with Crippen LogP contribution < -0.4 is 5.73 Å². The first-order valence-corrected chi connectivity index (χ1v) is 3.92. The summed E-state index contributed by atoms with van der Waals surface area (Å²) in [7, 11) is 0. The summed E-state index contributed by atoms with van der Waals surface area (Å²) in [5, 5.41) is 0. The Bertz CT molecular complexity index is 213. The van der Waals surface area contributed by atoms with E-state index in [1.165, 1.54) is 0 Å². The molecule has 0 aromatic carbocycles. The van der Waals surface area contributed by atoms with Crippen LogP contribution in [0, 0.1) is 0 Å². The molecule has 0 aliphatic rings. The Balaban J connectivity index is 2.75. The Hall–Kier alpha value is -0.410. The first-order chi connectivity index (χ1) is 4.83. The Morgan fingerprint density at radius 3 is 3.00 bits per heavy atom. The van der Waals surface area contributed by atoms with Gasteiger partial charge >= 0.3 is 0 Å². The van der Waals surface area contributed by atoms with Crippen LogP contribution in [0.25, 0.3) is 0 Å². The summed E-state index contributed by atoms with van der Waals surface area (Å²) in [6, 6.07) is 3.88. The van der Waals surface area contributed by atoms with E-state index in [0.717, 1.165) is 16.6 Å². The Labute approximate surface area is 68.6 Å². The van der Waals surface area contributed by atoms with Gasteiger partial charge in [0.1, 0.15) is 0 Å². The maximum atomic E-state index is 5.36. The average Bonchev–Trinajstić information content (AvgIpc) is 1.88. The molecule has 0 saturated carbocycles. The van der Waals surface area contributed by atoms with Gasteiger partial charge in [-0.1, -0.05) is 15.9 Å². The van der Waals surface area contributed by atoms with E-state index in [2.05, 4.69) is 20.9 Å². The molecule has 0 bridgehead atoms. The smallest absolute Gasteiger partial charge is 0.0427 e. The van der Waals surface area contributed by atoms with Crippen LogP contribution in [0.5, 0.6) is 0 Å². The van der Waals surface area contributed by atoms with E-state index in [4.69, 9.17) is 5.73 Å². The molecule has 0 atom stereocenters. The van der Waals surface area contributed by atoms with Gasteiger partial charge in [0.25, 0.3) is 0 Å². The van der Waals surface area contributed by atoms with E-state index in [1.54, 1.807) is 6.20 Å². The number of nitrogens with two attached hydrogens (primary N) is 1. The van der Waals surface area contributed by atoms with E-state index in [9.17, 15) is 0 Å². The van der Waals surface area contributed by atoms with Crippen molar-refractivity contribution in [3.05, 3.63) is 28.5 Å². The van der Waals surface area contributed by atoms with Crippen molar-refractivity contribution in [1.82, 2.24) is 4.98 Å². The molecular weight excluding hydrogens is 192 g/mol. The highest BCUT2D eigenvalue weighted by Gasteiger charge is 1.91. The summed E-state index contributed by atoms with van der Waals surface area (Å²) in [4.78, 5) is 4.12. The molecule has 2 N–H and O–H groups in total. The minimum absolute atomic E-state index is 0.656. The standard InChI is InChI=1S/C7H9BrN2/c8-6-2-4-10-7(5-6)1-3-9/h2,4-5H,1,3,9H2. The molecule has 54 valence electrons. The zero-order chi connectivity index (χ0) is 7.40. The van der Waals surface area contributed by atoms with Crippen molar-refractivity contribution < 1.29 is 0 Å². The number of halogens is 1. The summed E-state index contributed by atoms with van der Waals surface area (Å²) < 4.78 is 1.06. The minimum Gasteiger partial charge on any atom is -0.330 e. The van der Waals surface area contributed by atoms with Crippen LogP contribution in [0.4, 0.5) is 0 Å². The highest BCUT2D eigenvalue weighted by molar-refractivity contribution is 9.10. The van der Waals surface area contributed by atoms with Gasteiger partial charge < -0.3 is 5.73 Å². The molecule has 1 aromatic heterocycles. The third-order valence-corrected chi connectivity index (χ3v) is 1.67. The molecular formula is C7H9BrN2. The molecule has 0 spiro atoms. The SMILES string of the molecule is NCCc1cc(Br)ccn1. The van der Waals surface area contributed by atoms with Gasteiger partial charge in [-0.25, -0.2) is 0 Å². The number of rotatable bonds is 2. The highest BCUT2D eigenvalue weighted by atomic mass is 79.9. The van der Waals surface area contributed by atoms with Crippen LogP contribution in [-0.4, -0.2) is 11.5 Å². The van der Waals surface area contributed by atoms with Crippen molar-refractivity contribution in [1.29, 1.82) is 0 Å². The van der Waals surface area contributed by atoms with Gasteiger partial charge in [0.2, 0.25) is 0 Å². The molecule has 0 fully saturated rings. The van der Waals surface area contributed by atoms with Gasteiger partial charge in [-0.15, -0.1) is 0 Å². The van der Waals surface area contributed by atoms with Gasteiger partial charge in [-0.05, 0) is 18.7 Å². The maximum Gasteiger partial charge on any atom is 0.0427 e. The Morgan fingerprint density at radius 1 is 1.60 bits per heavy atom. The molecule has 10 heavy (non-hydrogen) atoms. The normalized spacial score (nSPS) is 9.80. The number of hydrogen-bond acceptors (Lipinski definition) is 2. The fourth-order valence-corrected chi connectivity index (χ4v) is 1.12. The third-order valence-electron chi connectivity index (χ3n) is 1.18. The number of aromatic nitrogens is 1. The van der Waals surface area contributed by atoms with Crippen molar-refractivity contribution in [3.8, 4) is 0 Å². The lowest BCUT2D eigenvalue weighted by molar-refractivity contribution is 0.921. The number of hydrogen-bond donors (Lipinski definition) is 1. The predicted octanol–water partition coefficient (Wildman–Crippen LogP) is 1.35. The van der Waals surface area contributed by atoms with Crippen molar-refractivity contribution in [2.45, 2.75) is 6.42 Å². The zero-order valence-electron chi connectivity index (χ0n) is 5.55. The van der Waals surface area contributed by atoms with Crippen molar-refractivity contribution in [2.24, 2.45) is 5.73 Å². The molecule has 0 unspecified atom stereocenters. The molecule has 0 radical (unpaired) electrons. The van der Waals surface area contributed by atoms with E-state index >= 15 is 0 Å². The Kier molecular flexibility index (Phi) is 2.83. The van der Waals surface area contributed by atoms with Crippen molar-refractivity contribution >= 4 is 15.9 Å². The van der Waals surface area contributed by atoms with Gasteiger partial charge in [-0.3, -0.25) is 4.98 Å². The van der Waals surface area contributed by atoms with Crippen LogP contribution in [0.3, 0.4) is 0 Å². The second-order valence-electron chi connectivity index (χ2n) is 2.00. The van der Waals surface area contributed by atoms with Gasteiger partial charge in [-0.2, -0.15) is 0 Å². The van der Waals surface area contributed by atoms with Crippen LogP contribution in [0.1, 0.15) is 5.69 Å². The number of pyridine rings is 1. The van der Waals surface area contributed by atoms with Gasteiger partial charge in [0.05, 0.1) is 0 Å². The lowest BCUT2D eigenvalue weighted by Gasteiger charge is -1.96. The Morgan fingerprint density at radius 2 is 2.40 bits per heavy atom. The van der Waals surface area contributed by atoms with E-state index in [1.807, 2.05) is 12.1 Å². The second-order valence-corrected chi connectivity index (χ2v) is 2.92. The average molecular weight is 201 g/mol. The molecule has 0 saturated heterocycles. The lowest BCUT2D eigenvalue weighted by Crippen LogP contribution is -2.03. The van der Waals surface area contributed by atoms with Crippen LogP contribution in [-0.2, 0) is 6.42 Å². The summed E-state index contributed by atoms with van der Waals surface area (Å²) in [6.45, 7) is 0.656. The van der Waals surface area contributed by atoms with Crippen LogP contribution >= 0.6 is 15.9 Å². The van der Waals surface area contributed by atoms with Crippen molar-refractivity contribution in [3.63, 3.8) is 0 Å². The first-order valence-electron chi connectivity index (χ1n) is 3.13. The van der Waals surface area contributed by atoms with Crippen molar-refractivity contribution in [2.75, 3.05) is 6.54 Å². The molecule has 0 amide bonds. The first kappa shape index (κ1) is 7.69. The largest absolute Gasteiger partial charge is 0.330 e. The summed E-state index contributed by atoms with van der Waals surface area (Å²) in [5.41, 5.74) is 6.39. The van der Waals surface area contributed by atoms with E-state index in [0.29, 0.717) is 6.54 Å². The number of nitrogens with zero attached hydrogens (tertiary/aromatic N) is 1. The van der Waals surface area contributed by atoms with Crippen LogP contribution in [0.15, 0.2) is 22.8 Å². The molecule has 3 heteroatoms.